The molecule has 166 valence electrons. The molecule has 3 heterocycles. The maximum Gasteiger partial charge on any atom is 0.272 e. The minimum Gasteiger partial charge on any atom is -0.347 e. The molecule has 1 aliphatic rings. The lowest BCUT2D eigenvalue weighted by atomic mass is 10.1. The van der Waals surface area contributed by atoms with Gasteiger partial charge in [-0.15, -0.1) is 0 Å². The summed E-state index contributed by atoms with van der Waals surface area (Å²) in [4.78, 5) is 32.9. The van der Waals surface area contributed by atoms with Crippen LogP contribution in [0.2, 0.25) is 5.02 Å². The summed E-state index contributed by atoms with van der Waals surface area (Å²) >= 11 is 5.95. The first-order chi connectivity index (χ1) is 16.1. The molecule has 2 aromatic carbocycles. The first-order valence-corrected chi connectivity index (χ1v) is 11.4. The Labute approximate surface area is 196 Å². The van der Waals surface area contributed by atoms with E-state index in [9.17, 15) is 9.59 Å². The number of amides is 2. The largest absolute Gasteiger partial charge is 0.347 e. The van der Waals surface area contributed by atoms with E-state index in [1.165, 1.54) is 0 Å². The number of aromatic nitrogens is 2. The maximum atomic E-state index is 13.2. The number of nitrogens with zero attached hydrogens (tertiary/aromatic N) is 3. The fraction of sp³-hybridized carbons (Fsp3) is 0.192. The Bertz CT molecular complexity index is 1300. The Kier molecular flexibility index (Phi) is 5.84. The Morgan fingerprint density at radius 2 is 1.76 bits per heavy atom. The van der Waals surface area contributed by atoms with Crippen molar-refractivity contribution in [1.82, 2.24) is 19.6 Å². The molecule has 2 aromatic heterocycles. The number of hydrogen-bond acceptors (Lipinski definition) is 3. The molecule has 2 amide bonds. The van der Waals surface area contributed by atoms with Gasteiger partial charge in [0.05, 0.1) is 11.6 Å². The number of halogens is 1. The van der Waals surface area contributed by atoms with Gasteiger partial charge in [0, 0.05) is 29.9 Å². The normalized spacial score (nSPS) is 15.7. The first-order valence-electron chi connectivity index (χ1n) is 11.0. The zero-order valence-corrected chi connectivity index (χ0v) is 18.7. The number of rotatable bonds is 5. The smallest absolute Gasteiger partial charge is 0.272 e. The van der Waals surface area contributed by atoms with Gasteiger partial charge in [-0.1, -0.05) is 48.0 Å². The lowest BCUT2D eigenvalue weighted by Crippen LogP contribution is -2.31. The number of pyridine rings is 1. The van der Waals surface area contributed by atoms with Crippen molar-refractivity contribution in [3.8, 4) is 0 Å². The molecule has 0 bridgehead atoms. The molecule has 5 rings (SSSR count). The summed E-state index contributed by atoms with van der Waals surface area (Å²) < 4.78 is 1.93. The van der Waals surface area contributed by atoms with E-state index in [0.29, 0.717) is 35.2 Å². The molecule has 1 unspecified atom stereocenters. The van der Waals surface area contributed by atoms with Crippen molar-refractivity contribution in [2.24, 2.45) is 0 Å². The second-order valence-corrected chi connectivity index (χ2v) is 8.54. The second kappa shape index (κ2) is 9.08. The van der Waals surface area contributed by atoms with Gasteiger partial charge in [-0.3, -0.25) is 9.59 Å². The van der Waals surface area contributed by atoms with Crippen LogP contribution in [0.25, 0.3) is 5.52 Å². The highest BCUT2D eigenvalue weighted by atomic mass is 35.5. The number of imidazole rings is 1. The third-order valence-electron chi connectivity index (χ3n) is 5.99. The molecule has 0 aliphatic carbocycles. The molecular formula is C26H23ClN4O2. The highest BCUT2D eigenvalue weighted by Gasteiger charge is 2.34. The van der Waals surface area contributed by atoms with Crippen LogP contribution in [0.1, 0.15) is 51.1 Å². The van der Waals surface area contributed by atoms with Crippen LogP contribution >= 0.6 is 11.6 Å². The monoisotopic (exact) mass is 458 g/mol. The highest BCUT2D eigenvalue weighted by molar-refractivity contribution is 6.30. The third-order valence-corrected chi connectivity index (χ3v) is 6.24. The highest BCUT2D eigenvalue weighted by Crippen LogP contribution is 2.33. The maximum absolute atomic E-state index is 13.2. The number of carbonyl (C=O) groups is 2. The van der Waals surface area contributed by atoms with E-state index in [2.05, 4.69) is 5.32 Å². The summed E-state index contributed by atoms with van der Waals surface area (Å²) in [6.07, 6.45) is 3.60. The molecular weight excluding hydrogens is 436 g/mol. The molecule has 0 saturated carbocycles. The number of likely N-dealkylation sites (tertiary alicyclic amines) is 1. The quantitative estimate of drug-likeness (QED) is 0.462. The lowest BCUT2D eigenvalue weighted by molar-refractivity contribution is 0.0729. The molecule has 0 radical (unpaired) electrons. The van der Waals surface area contributed by atoms with Gasteiger partial charge < -0.3 is 14.6 Å². The summed E-state index contributed by atoms with van der Waals surface area (Å²) in [5.74, 6) is 0.447. The molecule has 1 N–H and O–H groups in total. The molecule has 4 aromatic rings. The molecule has 6 nitrogen and oxygen atoms in total. The number of nitrogens with one attached hydrogen (secondary N) is 1. The van der Waals surface area contributed by atoms with Gasteiger partial charge in [-0.2, -0.15) is 0 Å². The molecule has 0 spiro atoms. The zero-order valence-electron chi connectivity index (χ0n) is 17.9. The van der Waals surface area contributed by atoms with Crippen LogP contribution < -0.4 is 5.32 Å². The molecule has 1 aliphatic heterocycles. The summed E-state index contributed by atoms with van der Waals surface area (Å²) in [5, 5.41) is 3.61. The van der Waals surface area contributed by atoms with Crippen LogP contribution in [0.5, 0.6) is 0 Å². The van der Waals surface area contributed by atoms with E-state index in [0.717, 1.165) is 23.9 Å². The molecule has 7 heteroatoms. The van der Waals surface area contributed by atoms with Crippen LogP contribution in [0.15, 0.2) is 79.0 Å². The standard InChI is InChI=1S/C26H23ClN4O2/c27-20-13-11-18(12-14-20)17-28-25(32)23-21-9-4-5-15-30(21)24(29-23)22-10-6-16-31(22)26(33)19-7-2-1-3-8-19/h1-5,7-9,11-15,22H,6,10,16-17H2,(H,28,32). The Balaban J connectivity index is 1.44. The van der Waals surface area contributed by atoms with Gasteiger partial charge in [0.25, 0.3) is 11.8 Å². The van der Waals surface area contributed by atoms with Crippen LogP contribution in [0.3, 0.4) is 0 Å². The number of carbonyl (C=O) groups excluding carboxylic acids is 2. The summed E-state index contributed by atoms with van der Waals surface area (Å²) in [5.41, 5.74) is 2.69. The van der Waals surface area contributed by atoms with Gasteiger partial charge in [0.15, 0.2) is 5.69 Å². The second-order valence-electron chi connectivity index (χ2n) is 8.11. The predicted octanol–water partition coefficient (Wildman–Crippen LogP) is 4.90. The van der Waals surface area contributed by atoms with Crippen LogP contribution in [0.4, 0.5) is 0 Å². The average molecular weight is 459 g/mol. The van der Waals surface area contributed by atoms with Crippen molar-refractivity contribution in [2.75, 3.05) is 6.54 Å². The number of benzene rings is 2. The SMILES string of the molecule is O=C(NCc1ccc(Cl)cc1)c1nc(C2CCCN2C(=O)c2ccccc2)n2ccccc12. The average Bonchev–Trinajstić information content (AvgIpc) is 3.48. The Morgan fingerprint density at radius 1 is 1.00 bits per heavy atom. The first kappa shape index (κ1) is 21.2. The van der Waals surface area contributed by atoms with Gasteiger partial charge in [0.2, 0.25) is 0 Å². The van der Waals surface area contributed by atoms with Crippen molar-refractivity contribution < 1.29 is 9.59 Å². The van der Waals surface area contributed by atoms with E-state index in [4.69, 9.17) is 16.6 Å². The predicted molar refractivity (Wildman–Crippen MR) is 127 cm³/mol. The fourth-order valence-corrected chi connectivity index (χ4v) is 4.48. The van der Waals surface area contributed by atoms with E-state index in [1.807, 2.05) is 76.2 Å². The molecule has 1 saturated heterocycles. The fourth-order valence-electron chi connectivity index (χ4n) is 4.36. The third kappa shape index (κ3) is 4.22. The van der Waals surface area contributed by atoms with Gasteiger partial charge in [-0.25, -0.2) is 4.98 Å². The van der Waals surface area contributed by atoms with Gasteiger partial charge in [0.1, 0.15) is 5.82 Å². The molecule has 1 fully saturated rings. The van der Waals surface area contributed by atoms with Crippen molar-refractivity contribution in [3.63, 3.8) is 0 Å². The number of fused-ring (bicyclic) bond motifs is 1. The summed E-state index contributed by atoms with van der Waals surface area (Å²) in [7, 11) is 0. The van der Waals surface area contributed by atoms with Crippen LogP contribution in [-0.2, 0) is 6.54 Å². The van der Waals surface area contributed by atoms with E-state index in [1.54, 1.807) is 12.1 Å². The van der Waals surface area contributed by atoms with E-state index < -0.39 is 0 Å². The van der Waals surface area contributed by atoms with Crippen molar-refractivity contribution in [3.05, 3.63) is 107 Å². The Morgan fingerprint density at radius 3 is 2.55 bits per heavy atom. The van der Waals surface area contributed by atoms with Crippen molar-refractivity contribution >= 4 is 28.9 Å². The van der Waals surface area contributed by atoms with Crippen LogP contribution in [0, 0.1) is 0 Å². The zero-order chi connectivity index (χ0) is 22.8. The summed E-state index contributed by atoms with van der Waals surface area (Å²) in [6.45, 7) is 1.04. The van der Waals surface area contributed by atoms with E-state index >= 15 is 0 Å². The van der Waals surface area contributed by atoms with Gasteiger partial charge >= 0.3 is 0 Å². The van der Waals surface area contributed by atoms with Gasteiger partial charge in [-0.05, 0) is 54.8 Å². The van der Waals surface area contributed by atoms with Crippen molar-refractivity contribution in [2.45, 2.75) is 25.4 Å². The Hall–Kier alpha value is -3.64. The van der Waals surface area contributed by atoms with Crippen LogP contribution in [-0.4, -0.2) is 32.6 Å². The summed E-state index contributed by atoms with van der Waals surface area (Å²) in [6, 6.07) is 22.1. The minimum atomic E-state index is -0.251. The number of hydrogen-bond donors (Lipinski definition) is 1. The molecule has 1 atom stereocenters. The topological polar surface area (TPSA) is 66.7 Å². The minimum absolute atomic E-state index is 0.0143. The van der Waals surface area contributed by atoms with Crippen molar-refractivity contribution in [1.29, 1.82) is 0 Å². The molecule has 33 heavy (non-hydrogen) atoms. The van der Waals surface area contributed by atoms with E-state index in [-0.39, 0.29) is 17.9 Å². The lowest BCUT2D eigenvalue weighted by Gasteiger charge is -2.24.